The van der Waals surface area contributed by atoms with Gasteiger partial charge in [-0.2, -0.15) is 15.3 Å². The Hall–Kier alpha value is -8.37. The first-order valence-corrected chi connectivity index (χ1v) is 36.7. The Morgan fingerprint density at radius 2 is 0.827 bits per heavy atom. The Bertz CT molecular complexity index is 4410. The van der Waals surface area contributed by atoms with Crippen LogP contribution in [0.2, 0.25) is 0 Å². The van der Waals surface area contributed by atoms with Gasteiger partial charge in [0.15, 0.2) is 16.6 Å². The van der Waals surface area contributed by atoms with E-state index in [0.29, 0.717) is 62.2 Å². The number of nitrogens with one attached hydrogen (secondary N) is 4. The molecule has 0 spiro atoms. The minimum Gasteiger partial charge on any atom is -0.496 e. The van der Waals surface area contributed by atoms with E-state index in [0.717, 1.165) is 153 Å². The smallest absolute Gasteiger partial charge is 0.277 e. The molecule has 9 aromatic rings. The molecule has 6 aromatic heterocycles. The van der Waals surface area contributed by atoms with E-state index >= 15 is 0 Å². The molecule has 22 nitrogen and oxygen atoms in total. The first kappa shape index (κ1) is 68.2. The lowest BCUT2D eigenvalue weighted by Gasteiger charge is -2.33. The Morgan fingerprint density at radius 3 is 1.23 bits per heavy atom. The summed E-state index contributed by atoms with van der Waals surface area (Å²) in [5.41, 5.74) is 11.8. The summed E-state index contributed by atoms with van der Waals surface area (Å²) in [4.78, 5) is 70.4. The van der Waals surface area contributed by atoms with Crippen LogP contribution >= 0.6 is 0 Å². The molecule has 0 unspecified atom stereocenters. The van der Waals surface area contributed by atoms with Gasteiger partial charge in [-0.05, 0) is 178 Å². The summed E-state index contributed by atoms with van der Waals surface area (Å²) in [5.74, 6) is 5.33. The normalized spacial score (nSPS) is 18.4. The van der Waals surface area contributed by atoms with Crippen molar-refractivity contribution < 1.29 is 14.2 Å². The van der Waals surface area contributed by atoms with E-state index in [9.17, 15) is 14.4 Å². The molecule has 3 aliphatic heterocycles. The van der Waals surface area contributed by atoms with Gasteiger partial charge in [0, 0.05) is 56.2 Å². The van der Waals surface area contributed by atoms with Gasteiger partial charge in [-0.1, -0.05) is 77.2 Å². The van der Waals surface area contributed by atoms with Gasteiger partial charge in [-0.25, -0.2) is 15.0 Å². The first-order valence-electron chi connectivity index (χ1n) is 36.7. The Kier molecular flexibility index (Phi) is 21.4. The van der Waals surface area contributed by atoms with Crippen LogP contribution in [0.1, 0.15) is 183 Å². The third kappa shape index (κ3) is 14.7. The maximum absolute atomic E-state index is 13.2. The van der Waals surface area contributed by atoms with E-state index in [4.69, 9.17) is 44.5 Å². The number of nitrogens with zero attached hydrogens (tertiary/aromatic N) is 12. The monoisotopic (exact) mass is 1330 g/mol. The van der Waals surface area contributed by atoms with E-state index in [2.05, 4.69) is 79.3 Å². The fourth-order valence-corrected chi connectivity index (χ4v) is 16.2. The standard InChI is InChI=1S/2C26H35N5O2.C24H32N6O2/c1-17-23-24(31(29-17)20-7-5-4-6-8-20)26(32)28-25(27-23)21-10-9-19(16-22(21)33-3)15-18-11-13-30(2)14-12-18;1-4-18-12-14-30(15-13-18)20-10-11-21(22(16-20)33-3)25-27-23-17(2)29-31(24(23)26(32)28-25)19-8-6-5-7-9-19;1-16-21-22(30(28-16)17-7-4-3-5-8-17)24(31)27-23(26-21)19-10-9-18(15-20(19)32-2)29-13-6-11-25-12-14-29/h9-10,16,18,20H,4-8,11-15H2,1-3H3,(H,27,28,32);10-11,16,18-19H,4-9,12-15H2,1-3H3,(H,27,28,32);9-10,15,17,25H,3-8,11-14H2,1-2H3,(H,26,27,31). The SMILES string of the molecule is CCC1CCN(c2ccc(-c3nc4c(C)nn(C5CCCCC5)c4c(=O)[nH]3)c(OC)c2)CC1.COc1cc(CC2CCN(C)CC2)ccc1-c1nc2c(C)nn(C3CCCCC3)c2c(=O)[nH]1.COc1cc(N2CCCNCC2)ccc1-c1nc2c(C)nn(C3CCCCC3)c2c(=O)[nH]1. The molecule has 22 heteroatoms. The molecular weight excluding hydrogens is 1230 g/mol. The molecule has 6 fully saturated rings. The quantitative estimate of drug-likeness (QED) is 0.0791. The number of aromatic nitrogens is 12. The highest BCUT2D eigenvalue weighted by Crippen LogP contribution is 2.39. The number of likely N-dealkylation sites (tertiary alicyclic amines) is 1. The molecule has 0 atom stereocenters. The molecule has 0 radical (unpaired) electrons. The Balaban J connectivity index is 0.000000132. The van der Waals surface area contributed by atoms with Crippen LogP contribution in [0.15, 0.2) is 69.0 Å². The summed E-state index contributed by atoms with van der Waals surface area (Å²) in [7, 11) is 7.21. The zero-order valence-corrected chi connectivity index (χ0v) is 59.1. The summed E-state index contributed by atoms with van der Waals surface area (Å²) in [6.07, 6.45) is 25.7. The van der Waals surface area contributed by atoms with Crippen molar-refractivity contribution in [2.24, 2.45) is 11.8 Å². The molecule has 3 aromatic carbocycles. The van der Waals surface area contributed by atoms with Crippen molar-refractivity contribution in [3.05, 3.63) is 108 Å². The van der Waals surface area contributed by atoms with Crippen LogP contribution in [0.3, 0.4) is 0 Å². The topological polar surface area (TPSA) is 240 Å². The second kappa shape index (κ2) is 30.8. The number of aromatic amines is 3. The van der Waals surface area contributed by atoms with Gasteiger partial charge < -0.3 is 49.2 Å². The highest BCUT2D eigenvalue weighted by Gasteiger charge is 2.29. The van der Waals surface area contributed by atoms with Crippen LogP contribution in [-0.2, 0) is 6.42 Å². The van der Waals surface area contributed by atoms with E-state index in [-0.39, 0.29) is 34.8 Å². The molecule has 3 saturated carbocycles. The van der Waals surface area contributed by atoms with Gasteiger partial charge in [0.25, 0.3) is 16.7 Å². The predicted molar refractivity (Wildman–Crippen MR) is 390 cm³/mol. The molecule has 3 aliphatic carbocycles. The molecule has 3 saturated heterocycles. The number of H-pyrrole nitrogens is 3. The lowest BCUT2D eigenvalue weighted by atomic mass is 9.90. The van der Waals surface area contributed by atoms with Gasteiger partial charge in [-0.3, -0.25) is 28.4 Å². The van der Waals surface area contributed by atoms with Crippen LogP contribution in [-0.4, -0.2) is 145 Å². The zero-order chi connectivity index (χ0) is 68.0. The van der Waals surface area contributed by atoms with Crippen molar-refractivity contribution in [2.45, 2.75) is 187 Å². The van der Waals surface area contributed by atoms with Gasteiger partial charge in [0.1, 0.15) is 51.3 Å². The second-order valence-corrected chi connectivity index (χ2v) is 28.5. The molecule has 0 amide bonds. The maximum Gasteiger partial charge on any atom is 0.277 e. The number of anilines is 2. The number of aryl methyl sites for hydroxylation is 3. The number of fused-ring (bicyclic) bond motifs is 3. The molecule has 15 rings (SSSR count). The van der Waals surface area contributed by atoms with Crippen molar-refractivity contribution in [2.75, 3.05) is 90.5 Å². The number of piperidine rings is 2. The number of rotatable bonds is 14. The van der Waals surface area contributed by atoms with E-state index in [1.807, 2.05) is 59.1 Å². The minimum absolute atomic E-state index is 0.126. The Morgan fingerprint density at radius 1 is 0.439 bits per heavy atom. The van der Waals surface area contributed by atoms with Crippen molar-refractivity contribution in [1.82, 2.24) is 69.5 Å². The third-order valence-electron chi connectivity index (χ3n) is 22.0. The fraction of sp³-hybridized carbons (Fsp3) is 0.566. The van der Waals surface area contributed by atoms with Gasteiger partial charge in [-0.15, -0.1) is 0 Å². The predicted octanol–water partition coefficient (Wildman–Crippen LogP) is 13.1. The molecular formula is C76H102N16O6. The van der Waals surface area contributed by atoms with Crippen molar-refractivity contribution in [3.63, 3.8) is 0 Å². The molecule has 4 N–H and O–H groups in total. The maximum atomic E-state index is 13.2. The minimum atomic E-state index is -0.138. The second-order valence-electron chi connectivity index (χ2n) is 28.5. The van der Waals surface area contributed by atoms with Gasteiger partial charge in [0.05, 0.1) is 73.2 Å². The average molecular weight is 1340 g/mol. The van der Waals surface area contributed by atoms with Gasteiger partial charge >= 0.3 is 0 Å². The average Bonchev–Trinajstić information content (AvgIpc) is 1.62. The van der Waals surface area contributed by atoms with Crippen molar-refractivity contribution >= 4 is 44.5 Å². The largest absolute Gasteiger partial charge is 0.496 e. The van der Waals surface area contributed by atoms with E-state index in [1.54, 1.807) is 21.3 Å². The molecule has 98 heavy (non-hydrogen) atoms. The summed E-state index contributed by atoms with van der Waals surface area (Å²) in [5, 5.41) is 17.6. The van der Waals surface area contributed by atoms with Crippen LogP contribution in [0.4, 0.5) is 11.4 Å². The van der Waals surface area contributed by atoms with E-state index < -0.39 is 0 Å². The summed E-state index contributed by atoms with van der Waals surface area (Å²) in [6.45, 7) is 16.6. The first-order chi connectivity index (χ1) is 47.8. The number of hydrogen-bond donors (Lipinski definition) is 4. The highest BCUT2D eigenvalue weighted by molar-refractivity contribution is 5.83. The van der Waals surface area contributed by atoms with Crippen molar-refractivity contribution in [3.8, 4) is 51.4 Å². The van der Waals surface area contributed by atoms with Crippen LogP contribution < -0.4 is 46.0 Å². The fourth-order valence-electron chi connectivity index (χ4n) is 16.2. The van der Waals surface area contributed by atoms with Crippen LogP contribution in [0.5, 0.6) is 17.2 Å². The van der Waals surface area contributed by atoms with Crippen LogP contribution in [0.25, 0.3) is 67.3 Å². The lowest BCUT2D eigenvalue weighted by Crippen LogP contribution is -2.33. The molecule has 6 aliphatic rings. The summed E-state index contributed by atoms with van der Waals surface area (Å²) < 4.78 is 23.0. The zero-order valence-electron chi connectivity index (χ0n) is 59.1. The van der Waals surface area contributed by atoms with Crippen molar-refractivity contribution in [1.29, 1.82) is 0 Å². The van der Waals surface area contributed by atoms with Crippen LogP contribution in [0, 0.1) is 32.6 Å². The molecule has 0 bridgehead atoms. The molecule has 9 heterocycles. The number of methoxy groups -OCH3 is 3. The summed E-state index contributed by atoms with van der Waals surface area (Å²) in [6, 6.07) is 19.5. The van der Waals surface area contributed by atoms with Gasteiger partial charge in [0.2, 0.25) is 0 Å². The lowest BCUT2D eigenvalue weighted by molar-refractivity contribution is 0.219. The summed E-state index contributed by atoms with van der Waals surface area (Å²) >= 11 is 0. The number of ether oxygens (including phenoxy) is 3. The van der Waals surface area contributed by atoms with E-state index in [1.165, 1.54) is 109 Å². The third-order valence-corrected chi connectivity index (χ3v) is 22.0. The Labute approximate surface area is 574 Å². The molecule has 522 valence electrons. The number of benzene rings is 3. The number of hydrogen-bond acceptors (Lipinski definition) is 16. The highest BCUT2D eigenvalue weighted by atomic mass is 16.5.